The molecule has 0 unspecified atom stereocenters. The van der Waals surface area contributed by atoms with Crippen molar-refractivity contribution in [2.45, 2.75) is 13.8 Å². The van der Waals surface area contributed by atoms with Crippen LogP contribution in [0.15, 0.2) is 40.9 Å². The summed E-state index contributed by atoms with van der Waals surface area (Å²) in [7, 11) is 0. The lowest BCUT2D eigenvalue weighted by Crippen LogP contribution is -2.42. The van der Waals surface area contributed by atoms with Gasteiger partial charge in [0.2, 0.25) is 0 Å². The van der Waals surface area contributed by atoms with E-state index in [2.05, 4.69) is 26.8 Å². The summed E-state index contributed by atoms with van der Waals surface area (Å²) >= 11 is 3.16. The highest BCUT2D eigenvalue weighted by atomic mass is 79.9. The summed E-state index contributed by atoms with van der Waals surface area (Å²) < 4.78 is 13.6. The molecule has 0 heterocycles. The predicted molar refractivity (Wildman–Crippen MR) is 84.9 cm³/mol. The minimum absolute atomic E-state index is 0.0981. The van der Waals surface area contributed by atoms with Crippen LogP contribution in [0.25, 0.3) is 0 Å². The Morgan fingerprint density at radius 1 is 0.955 bits per heavy atom. The van der Waals surface area contributed by atoms with Gasteiger partial charge in [0.1, 0.15) is 5.82 Å². The Labute approximate surface area is 135 Å². The van der Waals surface area contributed by atoms with Crippen LogP contribution >= 0.6 is 15.9 Å². The van der Waals surface area contributed by atoms with Crippen molar-refractivity contribution in [2.75, 3.05) is 0 Å². The summed E-state index contributed by atoms with van der Waals surface area (Å²) in [4.78, 5) is 24.0. The van der Waals surface area contributed by atoms with E-state index in [1.165, 1.54) is 12.1 Å². The van der Waals surface area contributed by atoms with Gasteiger partial charge in [0, 0.05) is 10.0 Å². The van der Waals surface area contributed by atoms with Crippen molar-refractivity contribution >= 4 is 27.7 Å². The van der Waals surface area contributed by atoms with Gasteiger partial charge in [-0.25, -0.2) is 4.39 Å². The van der Waals surface area contributed by atoms with Crippen LogP contribution in [0.5, 0.6) is 0 Å². The first-order valence-corrected chi connectivity index (χ1v) is 7.31. The molecule has 0 spiro atoms. The zero-order valence-corrected chi connectivity index (χ0v) is 13.6. The Hall–Kier alpha value is -2.21. The van der Waals surface area contributed by atoms with E-state index in [0.29, 0.717) is 10.0 Å². The lowest BCUT2D eigenvalue weighted by atomic mass is 10.1. The molecule has 0 aromatic heterocycles. The summed E-state index contributed by atoms with van der Waals surface area (Å²) in [5, 5.41) is 0. The van der Waals surface area contributed by atoms with Gasteiger partial charge in [-0.05, 0) is 59.6 Å². The quantitative estimate of drug-likeness (QED) is 0.803. The van der Waals surface area contributed by atoms with Crippen LogP contribution in [0.1, 0.15) is 31.8 Å². The van der Waals surface area contributed by atoms with Crippen LogP contribution in [0.3, 0.4) is 0 Å². The fourth-order valence-corrected chi connectivity index (χ4v) is 2.41. The molecule has 22 heavy (non-hydrogen) atoms. The molecule has 2 aromatic rings. The second kappa shape index (κ2) is 6.70. The highest BCUT2D eigenvalue weighted by Crippen LogP contribution is 2.17. The average Bonchev–Trinajstić information content (AvgIpc) is 2.47. The molecule has 0 saturated heterocycles. The molecule has 0 radical (unpaired) electrons. The smallest absolute Gasteiger partial charge is 0.267 e. The number of rotatable bonds is 2. The van der Waals surface area contributed by atoms with E-state index in [9.17, 15) is 14.0 Å². The number of hydrogen-bond donors (Lipinski definition) is 2. The standard InChI is InChI=1S/C16H14BrFN2O2/c1-9-3-5-12(10(2)7-9)15(21)19-20-16(22)13-8-11(18)4-6-14(13)17/h3-8H,1-2H3,(H,19,21)(H,20,22). The molecule has 0 aliphatic rings. The van der Waals surface area contributed by atoms with Crippen molar-refractivity contribution in [3.05, 3.63) is 68.9 Å². The molecule has 4 nitrogen and oxygen atoms in total. The van der Waals surface area contributed by atoms with Gasteiger partial charge in [-0.15, -0.1) is 0 Å². The van der Waals surface area contributed by atoms with Gasteiger partial charge in [0.15, 0.2) is 0 Å². The van der Waals surface area contributed by atoms with E-state index in [0.717, 1.165) is 17.2 Å². The summed E-state index contributed by atoms with van der Waals surface area (Å²) in [6.45, 7) is 3.74. The first-order valence-electron chi connectivity index (χ1n) is 6.51. The van der Waals surface area contributed by atoms with E-state index in [1.807, 2.05) is 26.0 Å². The Morgan fingerprint density at radius 2 is 1.59 bits per heavy atom. The molecule has 0 atom stereocenters. The lowest BCUT2D eigenvalue weighted by Gasteiger charge is -2.10. The molecule has 0 saturated carbocycles. The maximum atomic E-state index is 13.2. The number of carbonyl (C=O) groups excluding carboxylic acids is 2. The van der Waals surface area contributed by atoms with Gasteiger partial charge in [-0.1, -0.05) is 17.7 Å². The number of hydrogen-bond acceptors (Lipinski definition) is 2. The first kappa shape index (κ1) is 16.2. The number of hydrazine groups is 1. The molecule has 0 aliphatic carbocycles. The molecular formula is C16H14BrFN2O2. The number of carbonyl (C=O) groups is 2. The van der Waals surface area contributed by atoms with Crippen LogP contribution in [-0.2, 0) is 0 Å². The van der Waals surface area contributed by atoms with Crippen LogP contribution in [0, 0.1) is 19.7 Å². The number of amides is 2. The molecule has 114 valence electrons. The van der Waals surface area contributed by atoms with Gasteiger partial charge >= 0.3 is 0 Å². The van der Waals surface area contributed by atoms with Crippen molar-refractivity contribution in [3.63, 3.8) is 0 Å². The molecule has 6 heteroatoms. The zero-order valence-electron chi connectivity index (χ0n) is 12.0. The summed E-state index contributed by atoms with van der Waals surface area (Å²) in [5.41, 5.74) is 7.00. The second-order valence-electron chi connectivity index (χ2n) is 4.85. The maximum absolute atomic E-state index is 13.2. The molecular weight excluding hydrogens is 351 g/mol. The number of aryl methyl sites for hydroxylation is 2. The third-order valence-corrected chi connectivity index (χ3v) is 3.78. The monoisotopic (exact) mass is 364 g/mol. The van der Waals surface area contributed by atoms with Gasteiger partial charge in [0.25, 0.3) is 11.8 Å². The fraction of sp³-hybridized carbons (Fsp3) is 0.125. The molecule has 0 fully saturated rings. The largest absolute Gasteiger partial charge is 0.270 e. The highest BCUT2D eigenvalue weighted by Gasteiger charge is 2.14. The van der Waals surface area contributed by atoms with Gasteiger partial charge in [-0.2, -0.15) is 0 Å². The Balaban J connectivity index is 2.07. The Morgan fingerprint density at radius 3 is 2.23 bits per heavy atom. The third-order valence-electron chi connectivity index (χ3n) is 3.09. The normalized spacial score (nSPS) is 10.2. The minimum atomic E-state index is -0.607. The third kappa shape index (κ3) is 3.71. The average molecular weight is 365 g/mol. The molecule has 2 amide bonds. The number of nitrogens with one attached hydrogen (secondary N) is 2. The minimum Gasteiger partial charge on any atom is -0.267 e. The Kier molecular flexibility index (Phi) is 4.92. The van der Waals surface area contributed by atoms with Crippen molar-refractivity contribution in [1.29, 1.82) is 0 Å². The van der Waals surface area contributed by atoms with Crippen LogP contribution < -0.4 is 10.9 Å². The molecule has 2 rings (SSSR count). The fourth-order valence-electron chi connectivity index (χ4n) is 1.99. The molecule has 2 N–H and O–H groups in total. The number of halogens is 2. The second-order valence-corrected chi connectivity index (χ2v) is 5.71. The molecule has 0 aliphatic heterocycles. The predicted octanol–water partition coefficient (Wildman–Crippen LogP) is 3.28. The van der Waals surface area contributed by atoms with E-state index in [1.54, 1.807) is 6.07 Å². The van der Waals surface area contributed by atoms with E-state index < -0.39 is 17.6 Å². The molecule has 2 aromatic carbocycles. The summed E-state index contributed by atoms with van der Waals surface area (Å²) in [6, 6.07) is 9.12. The van der Waals surface area contributed by atoms with Crippen LogP contribution in [0.4, 0.5) is 4.39 Å². The van der Waals surface area contributed by atoms with Crippen molar-refractivity contribution in [2.24, 2.45) is 0 Å². The van der Waals surface area contributed by atoms with Crippen LogP contribution in [0.2, 0.25) is 0 Å². The van der Waals surface area contributed by atoms with E-state index >= 15 is 0 Å². The van der Waals surface area contributed by atoms with E-state index in [-0.39, 0.29) is 5.56 Å². The lowest BCUT2D eigenvalue weighted by molar-refractivity contribution is 0.0845. The van der Waals surface area contributed by atoms with E-state index in [4.69, 9.17) is 0 Å². The Bertz CT molecular complexity index is 747. The van der Waals surface area contributed by atoms with Crippen molar-refractivity contribution in [3.8, 4) is 0 Å². The summed E-state index contributed by atoms with van der Waals surface area (Å²) in [5.74, 6) is -1.57. The zero-order chi connectivity index (χ0) is 16.3. The van der Waals surface area contributed by atoms with Crippen molar-refractivity contribution < 1.29 is 14.0 Å². The van der Waals surface area contributed by atoms with Gasteiger partial charge in [0.05, 0.1) is 5.56 Å². The topological polar surface area (TPSA) is 58.2 Å². The molecule has 0 bridgehead atoms. The van der Waals surface area contributed by atoms with Gasteiger partial charge in [-0.3, -0.25) is 20.4 Å². The van der Waals surface area contributed by atoms with Crippen LogP contribution in [-0.4, -0.2) is 11.8 Å². The van der Waals surface area contributed by atoms with Gasteiger partial charge < -0.3 is 0 Å². The van der Waals surface area contributed by atoms with Crippen molar-refractivity contribution in [1.82, 2.24) is 10.9 Å². The SMILES string of the molecule is Cc1ccc(C(=O)NNC(=O)c2cc(F)ccc2Br)c(C)c1. The highest BCUT2D eigenvalue weighted by molar-refractivity contribution is 9.10. The summed E-state index contributed by atoms with van der Waals surface area (Å²) in [6.07, 6.45) is 0. The maximum Gasteiger partial charge on any atom is 0.270 e. The first-order chi connectivity index (χ1) is 10.4. The number of benzene rings is 2.